The van der Waals surface area contributed by atoms with Crippen molar-refractivity contribution in [3.63, 3.8) is 0 Å². The Morgan fingerprint density at radius 1 is 0.795 bits per heavy atom. The predicted molar refractivity (Wildman–Crippen MR) is 176 cm³/mol. The quantitative estimate of drug-likeness (QED) is 0.109. The monoisotopic (exact) mass is 614 g/mol. The third-order valence-corrected chi connectivity index (χ3v) is 8.38. The summed E-state index contributed by atoms with van der Waals surface area (Å²) in [7, 11) is 0. The van der Waals surface area contributed by atoms with Crippen molar-refractivity contribution in [1.29, 1.82) is 0 Å². The molecule has 1 aromatic rings. The zero-order valence-electron chi connectivity index (χ0n) is 27.6. The second-order valence-corrected chi connectivity index (χ2v) is 11.3. The first-order valence-corrected chi connectivity index (χ1v) is 16.1. The lowest BCUT2D eigenvalue weighted by atomic mass is 9.74. The minimum Gasteiger partial charge on any atom is -0.508 e. The van der Waals surface area contributed by atoms with Crippen LogP contribution in [0.25, 0.3) is 0 Å². The van der Waals surface area contributed by atoms with Crippen LogP contribution in [0.4, 0.5) is 5.69 Å². The number of carbonyl (C=O) groups is 2. The second kappa shape index (κ2) is 15.1. The van der Waals surface area contributed by atoms with Crippen molar-refractivity contribution in [1.82, 2.24) is 37.2 Å². The molecule has 0 saturated heterocycles. The molecular formula is C32H54N8O4. The minimum absolute atomic E-state index is 0.120. The maximum atomic E-state index is 14.4. The van der Waals surface area contributed by atoms with E-state index in [0.29, 0.717) is 38.4 Å². The Bertz CT molecular complexity index is 1240. The topological polar surface area (TPSA) is 171 Å². The summed E-state index contributed by atoms with van der Waals surface area (Å²) in [6, 6.07) is 4.69. The molecule has 3 atom stereocenters. The van der Waals surface area contributed by atoms with Gasteiger partial charge in [-0.2, -0.15) is 0 Å². The highest BCUT2D eigenvalue weighted by Crippen LogP contribution is 2.42. The van der Waals surface area contributed by atoms with Crippen LogP contribution in [-0.4, -0.2) is 90.4 Å². The Labute approximate surface area is 262 Å². The van der Waals surface area contributed by atoms with Gasteiger partial charge < -0.3 is 26.2 Å². The molecule has 44 heavy (non-hydrogen) atoms. The van der Waals surface area contributed by atoms with Gasteiger partial charge in [-0.15, -0.1) is 0 Å². The van der Waals surface area contributed by atoms with Crippen molar-refractivity contribution in [2.45, 2.75) is 91.2 Å². The number of Topliss-reactive ketones (excluding diaryl/α,β-unsaturated/α-hetero) is 2. The number of allylic oxidation sites excluding steroid dienone is 1. The summed E-state index contributed by atoms with van der Waals surface area (Å²) in [5, 5.41) is 50.8. The summed E-state index contributed by atoms with van der Waals surface area (Å²) in [6.45, 7) is 19.6. The van der Waals surface area contributed by atoms with E-state index in [2.05, 4.69) is 42.5 Å². The second-order valence-electron chi connectivity index (χ2n) is 11.3. The minimum atomic E-state index is -1.97. The molecule has 0 bridgehead atoms. The fourth-order valence-electron chi connectivity index (χ4n) is 6.48. The molecule has 3 rings (SSSR count). The molecule has 0 amide bonds. The molecule has 246 valence electrons. The molecule has 12 heteroatoms. The van der Waals surface area contributed by atoms with Gasteiger partial charge in [-0.1, -0.05) is 53.7 Å². The SMILES string of the molecule is CCNC(C)C(NCC)(NCC)Nc1cccc2c1C(=O)C1=C(C2=O)C(O)(NC(NCC)(NCC)C(C)NCC)CC=C1O. The number of fused-ring (bicyclic) bond motifs is 1. The Hall–Kier alpha value is -2.68. The number of rotatable bonds is 18. The summed E-state index contributed by atoms with van der Waals surface area (Å²) in [6.07, 6.45) is 1.28. The fourth-order valence-corrected chi connectivity index (χ4v) is 6.48. The van der Waals surface area contributed by atoms with E-state index < -0.39 is 28.9 Å². The average Bonchev–Trinajstić information content (AvgIpc) is 2.97. The van der Waals surface area contributed by atoms with Gasteiger partial charge in [-0.25, -0.2) is 0 Å². The Kier molecular flexibility index (Phi) is 12.3. The molecule has 1 aromatic carbocycles. The largest absolute Gasteiger partial charge is 0.508 e. The molecule has 0 aliphatic heterocycles. The molecule has 0 radical (unpaired) electrons. The van der Waals surface area contributed by atoms with Crippen molar-refractivity contribution in [3.8, 4) is 0 Å². The van der Waals surface area contributed by atoms with Crippen LogP contribution in [0.2, 0.25) is 0 Å². The first-order valence-electron chi connectivity index (χ1n) is 16.1. The van der Waals surface area contributed by atoms with Gasteiger partial charge in [0.25, 0.3) is 0 Å². The van der Waals surface area contributed by atoms with Gasteiger partial charge in [0.1, 0.15) is 11.5 Å². The molecule has 0 heterocycles. The number of hydrogen-bond donors (Lipinski definition) is 10. The van der Waals surface area contributed by atoms with E-state index >= 15 is 0 Å². The summed E-state index contributed by atoms with van der Waals surface area (Å²) < 4.78 is 0. The van der Waals surface area contributed by atoms with Gasteiger partial charge in [0, 0.05) is 23.7 Å². The highest BCUT2D eigenvalue weighted by atomic mass is 16.3. The highest BCUT2D eigenvalue weighted by Gasteiger charge is 2.52. The maximum absolute atomic E-state index is 14.4. The summed E-state index contributed by atoms with van der Waals surface area (Å²) in [4.78, 5) is 28.8. The Balaban J connectivity index is 2.18. The number of aliphatic hydroxyl groups is 2. The zero-order valence-corrected chi connectivity index (χ0v) is 27.6. The van der Waals surface area contributed by atoms with Crippen LogP contribution in [-0.2, 0) is 0 Å². The lowest BCUT2D eigenvalue weighted by Gasteiger charge is -2.48. The van der Waals surface area contributed by atoms with E-state index in [4.69, 9.17) is 0 Å². The maximum Gasteiger partial charge on any atom is 0.200 e. The van der Waals surface area contributed by atoms with E-state index in [1.165, 1.54) is 6.08 Å². The number of likely N-dealkylation sites (N-methyl/N-ethyl adjacent to an activating group) is 6. The van der Waals surface area contributed by atoms with Gasteiger partial charge in [0.15, 0.2) is 23.1 Å². The number of aliphatic hydroxyl groups excluding tert-OH is 1. The lowest BCUT2D eigenvalue weighted by molar-refractivity contribution is -0.0242. The summed E-state index contributed by atoms with van der Waals surface area (Å²) in [5.41, 5.74) is -1.60. The van der Waals surface area contributed by atoms with Crippen LogP contribution in [0.1, 0.15) is 82.5 Å². The lowest BCUT2D eigenvalue weighted by Crippen LogP contribution is -2.79. The molecule has 0 aromatic heterocycles. The first-order chi connectivity index (χ1) is 20.9. The third kappa shape index (κ3) is 6.77. The molecule has 12 nitrogen and oxygen atoms in total. The molecule has 0 fully saturated rings. The number of carbonyl (C=O) groups excluding carboxylic acids is 2. The molecular weight excluding hydrogens is 560 g/mol. The van der Waals surface area contributed by atoms with E-state index in [9.17, 15) is 19.8 Å². The molecule has 0 spiro atoms. The van der Waals surface area contributed by atoms with Crippen LogP contribution in [0, 0.1) is 0 Å². The van der Waals surface area contributed by atoms with Crippen molar-refractivity contribution in [3.05, 3.63) is 52.3 Å². The van der Waals surface area contributed by atoms with Crippen molar-refractivity contribution < 1.29 is 19.8 Å². The summed E-state index contributed by atoms with van der Waals surface area (Å²) in [5.74, 6) is -3.31. The normalized spacial score (nSPS) is 20.2. The molecule has 2 aliphatic carbocycles. The smallest absolute Gasteiger partial charge is 0.200 e. The van der Waals surface area contributed by atoms with E-state index in [1.807, 2.05) is 55.4 Å². The highest BCUT2D eigenvalue weighted by molar-refractivity contribution is 6.31. The standard InChI is InChI=1S/C32H54N8O4/c1-9-33-20(7)31(35-11-3,36-12-4)39-23-17-15-16-22-25(23)29(43)26-24(41)18-19-30(44,27(26)28(22)42)40-32(37-13-5,38-14-6)21(8)34-10-2/h15-18,20-21,33-41,44H,9-14,19H2,1-8H3. The van der Waals surface area contributed by atoms with E-state index in [1.54, 1.807) is 18.2 Å². The predicted octanol–water partition coefficient (Wildman–Crippen LogP) is 1.64. The van der Waals surface area contributed by atoms with E-state index in [-0.39, 0.29) is 46.5 Å². The van der Waals surface area contributed by atoms with Crippen molar-refractivity contribution in [2.24, 2.45) is 0 Å². The van der Waals surface area contributed by atoms with Gasteiger partial charge >= 0.3 is 0 Å². The number of benzene rings is 1. The molecule has 3 unspecified atom stereocenters. The van der Waals surface area contributed by atoms with Crippen LogP contribution in [0.5, 0.6) is 0 Å². The zero-order chi connectivity index (χ0) is 32.7. The van der Waals surface area contributed by atoms with Gasteiger partial charge in [-0.3, -0.25) is 36.2 Å². The molecule has 10 N–H and O–H groups in total. The molecule has 0 saturated carbocycles. The first kappa shape index (κ1) is 35.8. The van der Waals surface area contributed by atoms with E-state index in [0.717, 1.165) is 6.54 Å². The number of anilines is 1. The van der Waals surface area contributed by atoms with Crippen LogP contribution < -0.4 is 42.5 Å². The molecule has 2 aliphatic rings. The van der Waals surface area contributed by atoms with Crippen LogP contribution >= 0.6 is 0 Å². The van der Waals surface area contributed by atoms with Crippen molar-refractivity contribution >= 4 is 17.3 Å². The number of nitrogens with one attached hydrogen (secondary N) is 8. The Morgan fingerprint density at radius 3 is 1.84 bits per heavy atom. The Morgan fingerprint density at radius 2 is 1.32 bits per heavy atom. The van der Waals surface area contributed by atoms with Crippen LogP contribution in [0.15, 0.2) is 41.2 Å². The number of hydrogen-bond acceptors (Lipinski definition) is 12. The number of ketones is 2. The fraction of sp³-hybridized carbons (Fsp3) is 0.625. The average molecular weight is 615 g/mol. The summed E-state index contributed by atoms with van der Waals surface area (Å²) >= 11 is 0. The van der Waals surface area contributed by atoms with Gasteiger partial charge in [0.05, 0.1) is 22.8 Å². The van der Waals surface area contributed by atoms with Gasteiger partial charge in [0.2, 0.25) is 0 Å². The van der Waals surface area contributed by atoms with Crippen LogP contribution in [0.3, 0.4) is 0 Å². The third-order valence-electron chi connectivity index (χ3n) is 8.38. The van der Waals surface area contributed by atoms with Crippen molar-refractivity contribution in [2.75, 3.05) is 44.6 Å². The van der Waals surface area contributed by atoms with Gasteiger partial charge in [-0.05, 0) is 65.3 Å².